The molecule has 0 amide bonds. The van der Waals surface area contributed by atoms with Crippen LogP contribution in [0.4, 0.5) is 0 Å². The zero-order chi connectivity index (χ0) is 15.2. The maximum absolute atomic E-state index is 11.5. The van der Waals surface area contributed by atoms with Crippen LogP contribution in [0.15, 0.2) is 35.1 Å². The predicted molar refractivity (Wildman–Crippen MR) is 85.8 cm³/mol. The number of nitrogens with one attached hydrogen (secondary N) is 1. The molecule has 114 valence electrons. The molecule has 22 heavy (non-hydrogen) atoms. The van der Waals surface area contributed by atoms with E-state index < -0.39 is 0 Å². The molecule has 0 fully saturated rings. The summed E-state index contributed by atoms with van der Waals surface area (Å²) in [6.45, 7) is 5.34. The minimum absolute atomic E-state index is 0.0971. The van der Waals surface area contributed by atoms with Crippen molar-refractivity contribution in [2.75, 3.05) is 13.1 Å². The Hall–Kier alpha value is -1.94. The number of hydrogen-bond donors (Lipinski definition) is 1. The van der Waals surface area contributed by atoms with Crippen LogP contribution in [0.2, 0.25) is 0 Å². The number of hydrogen-bond acceptors (Lipinski definition) is 3. The Kier molecular flexibility index (Phi) is 3.15. The fourth-order valence-corrected chi connectivity index (χ4v) is 4.08. The molecule has 1 aliphatic heterocycles. The van der Waals surface area contributed by atoms with Crippen LogP contribution in [0, 0.1) is 5.41 Å². The van der Waals surface area contributed by atoms with E-state index in [9.17, 15) is 4.79 Å². The first-order valence-electron chi connectivity index (χ1n) is 7.98. The molecule has 0 saturated carbocycles. The highest BCUT2D eigenvalue weighted by Gasteiger charge is 2.35. The molecule has 0 spiro atoms. The number of aromatic amines is 1. The van der Waals surface area contributed by atoms with E-state index in [1.165, 1.54) is 11.1 Å². The van der Waals surface area contributed by atoms with Gasteiger partial charge in [0.05, 0.1) is 5.69 Å². The molecule has 0 saturated heterocycles. The van der Waals surface area contributed by atoms with Crippen molar-refractivity contribution < 1.29 is 0 Å². The SMILES string of the molecule is CC1(CN2CCc3n[nH]c(=O)cc3C2)Cc2ccccc2C1. The van der Waals surface area contributed by atoms with Gasteiger partial charge in [0.2, 0.25) is 0 Å². The number of aromatic nitrogens is 2. The first kappa shape index (κ1) is 13.7. The van der Waals surface area contributed by atoms with Crippen LogP contribution in [0.25, 0.3) is 0 Å². The van der Waals surface area contributed by atoms with E-state index in [1.807, 2.05) is 0 Å². The van der Waals surface area contributed by atoms with E-state index in [0.717, 1.165) is 50.2 Å². The average Bonchev–Trinajstić information content (AvgIpc) is 2.82. The van der Waals surface area contributed by atoms with Gasteiger partial charge in [0.15, 0.2) is 0 Å². The van der Waals surface area contributed by atoms with Gasteiger partial charge in [-0.2, -0.15) is 5.10 Å². The maximum atomic E-state index is 11.5. The minimum atomic E-state index is -0.0971. The normalized spacial score (nSPS) is 19.7. The van der Waals surface area contributed by atoms with Gasteiger partial charge in [0.25, 0.3) is 5.56 Å². The molecule has 0 unspecified atom stereocenters. The van der Waals surface area contributed by atoms with Gasteiger partial charge in [-0.15, -0.1) is 0 Å². The van der Waals surface area contributed by atoms with Gasteiger partial charge in [-0.1, -0.05) is 31.2 Å². The third-order valence-corrected chi connectivity index (χ3v) is 4.99. The molecule has 2 aromatic rings. The van der Waals surface area contributed by atoms with Crippen LogP contribution in [-0.2, 0) is 25.8 Å². The van der Waals surface area contributed by atoms with Crippen molar-refractivity contribution in [3.63, 3.8) is 0 Å². The molecule has 1 aliphatic carbocycles. The standard InChI is InChI=1S/C18H21N3O/c1-18(9-13-4-2-3-5-14(13)10-18)12-21-7-6-16-15(11-21)8-17(22)20-19-16/h2-5,8H,6-7,9-12H2,1H3,(H,20,22). The average molecular weight is 295 g/mol. The lowest BCUT2D eigenvalue weighted by atomic mass is 9.86. The van der Waals surface area contributed by atoms with E-state index in [4.69, 9.17) is 0 Å². The van der Waals surface area contributed by atoms with Gasteiger partial charge in [-0.05, 0) is 34.9 Å². The zero-order valence-corrected chi connectivity index (χ0v) is 12.9. The lowest BCUT2D eigenvalue weighted by molar-refractivity contribution is 0.156. The van der Waals surface area contributed by atoms with Crippen LogP contribution < -0.4 is 5.56 Å². The number of rotatable bonds is 2. The van der Waals surface area contributed by atoms with Crippen molar-refractivity contribution in [1.82, 2.24) is 15.1 Å². The molecular formula is C18H21N3O. The van der Waals surface area contributed by atoms with E-state index in [1.54, 1.807) is 6.07 Å². The lowest BCUT2D eigenvalue weighted by Gasteiger charge is -2.35. The molecule has 0 bridgehead atoms. The molecule has 2 aliphatic rings. The van der Waals surface area contributed by atoms with Crippen molar-refractivity contribution in [3.8, 4) is 0 Å². The monoisotopic (exact) mass is 295 g/mol. The molecule has 1 aromatic carbocycles. The highest BCUT2D eigenvalue weighted by molar-refractivity contribution is 5.34. The maximum Gasteiger partial charge on any atom is 0.264 e. The van der Waals surface area contributed by atoms with Crippen molar-refractivity contribution in [1.29, 1.82) is 0 Å². The summed E-state index contributed by atoms with van der Waals surface area (Å²) < 4.78 is 0. The Labute approximate surface area is 130 Å². The number of fused-ring (bicyclic) bond motifs is 2. The highest BCUT2D eigenvalue weighted by atomic mass is 16.1. The van der Waals surface area contributed by atoms with Crippen LogP contribution in [-0.4, -0.2) is 28.2 Å². The number of nitrogens with zero attached hydrogens (tertiary/aromatic N) is 2. The summed E-state index contributed by atoms with van der Waals surface area (Å²) in [5, 5.41) is 6.71. The summed E-state index contributed by atoms with van der Waals surface area (Å²) in [5.41, 5.74) is 5.35. The minimum Gasteiger partial charge on any atom is -0.298 e. The van der Waals surface area contributed by atoms with Gasteiger partial charge in [0, 0.05) is 32.1 Å². The van der Waals surface area contributed by atoms with E-state index in [-0.39, 0.29) is 5.56 Å². The molecule has 1 N–H and O–H groups in total. The summed E-state index contributed by atoms with van der Waals surface area (Å²) in [6, 6.07) is 10.5. The molecule has 0 radical (unpaired) electrons. The molecule has 4 rings (SSSR count). The number of H-pyrrole nitrogens is 1. The van der Waals surface area contributed by atoms with Crippen molar-refractivity contribution in [3.05, 3.63) is 63.1 Å². The molecule has 1 aromatic heterocycles. The predicted octanol–water partition coefficient (Wildman–Crippen LogP) is 1.93. The summed E-state index contributed by atoms with van der Waals surface area (Å²) in [7, 11) is 0. The Morgan fingerprint density at radius 1 is 1.23 bits per heavy atom. The third kappa shape index (κ3) is 2.48. The Morgan fingerprint density at radius 2 is 1.95 bits per heavy atom. The lowest BCUT2D eigenvalue weighted by Crippen LogP contribution is -2.40. The molecule has 0 atom stereocenters. The smallest absolute Gasteiger partial charge is 0.264 e. The molecule has 2 heterocycles. The first-order chi connectivity index (χ1) is 10.6. The van der Waals surface area contributed by atoms with Crippen LogP contribution in [0.1, 0.15) is 29.3 Å². The van der Waals surface area contributed by atoms with E-state index >= 15 is 0 Å². The zero-order valence-electron chi connectivity index (χ0n) is 12.9. The Morgan fingerprint density at radius 3 is 2.68 bits per heavy atom. The second kappa shape index (κ2) is 5.06. The Balaban J connectivity index is 1.50. The molecule has 4 nitrogen and oxygen atoms in total. The Bertz CT molecular complexity index is 740. The van der Waals surface area contributed by atoms with Gasteiger partial charge >= 0.3 is 0 Å². The third-order valence-electron chi connectivity index (χ3n) is 4.99. The topological polar surface area (TPSA) is 49.0 Å². The van der Waals surface area contributed by atoms with Gasteiger partial charge < -0.3 is 0 Å². The highest BCUT2D eigenvalue weighted by Crippen LogP contribution is 2.37. The summed E-state index contributed by atoms with van der Waals surface area (Å²) in [5.74, 6) is 0. The summed E-state index contributed by atoms with van der Waals surface area (Å²) in [4.78, 5) is 13.9. The van der Waals surface area contributed by atoms with Crippen LogP contribution >= 0.6 is 0 Å². The molecular weight excluding hydrogens is 274 g/mol. The van der Waals surface area contributed by atoms with Crippen LogP contribution in [0.3, 0.4) is 0 Å². The van der Waals surface area contributed by atoms with Crippen molar-refractivity contribution >= 4 is 0 Å². The van der Waals surface area contributed by atoms with Gasteiger partial charge in [-0.3, -0.25) is 9.69 Å². The summed E-state index contributed by atoms with van der Waals surface area (Å²) in [6.07, 6.45) is 3.23. The van der Waals surface area contributed by atoms with Gasteiger partial charge in [-0.25, -0.2) is 5.10 Å². The van der Waals surface area contributed by atoms with Gasteiger partial charge in [0.1, 0.15) is 0 Å². The fourth-order valence-electron chi connectivity index (χ4n) is 4.08. The largest absolute Gasteiger partial charge is 0.298 e. The summed E-state index contributed by atoms with van der Waals surface area (Å²) >= 11 is 0. The quantitative estimate of drug-likeness (QED) is 0.921. The van der Waals surface area contributed by atoms with Crippen molar-refractivity contribution in [2.24, 2.45) is 5.41 Å². The second-order valence-corrected chi connectivity index (χ2v) is 7.10. The fraction of sp³-hybridized carbons (Fsp3) is 0.444. The molecule has 4 heteroatoms. The number of benzene rings is 1. The van der Waals surface area contributed by atoms with Crippen LogP contribution in [0.5, 0.6) is 0 Å². The van der Waals surface area contributed by atoms with E-state index in [0.29, 0.717) is 5.41 Å². The van der Waals surface area contributed by atoms with E-state index in [2.05, 4.69) is 46.3 Å². The van der Waals surface area contributed by atoms with Crippen molar-refractivity contribution in [2.45, 2.75) is 32.7 Å². The first-order valence-corrected chi connectivity index (χ1v) is 7.98. The second-order valence-electron chi connectivity index (χ2n) is 7.10.